The molecule has 1 spiro atoms. The van der Waals surface area contributed by atoms with E-state index in [0.29, 0.717) is 28.8 Å². The Morgan fingerprint density at radius 2 is 2.28 bits per heavy atom. The van der Waals surface area contributed by atoms with Crippen molar-refractivity contribution in [3.63, 3.8) is 0 Å². The molecule has 2 atom stereocenters. The molecule has 0 bridgehead atoms. The number of halogens is 1. The second kappa shape index (κ2) is 3.97. The predicted molar refractivity (Wildman–Crippen MR) is 70.5 cm³/mol. The summed E-state index contributed by atoms with van der Waals surface area (Å²) in [5.41, 5.74) is 0.279. The van der Waals surface area contributed by atoms with Crippen molar-refractivity contribution in [3.05, 3.63) is 28.8 Å². The average Bonchev–Trinajstić information content (AvgIpc) is 2.55. The number of nitrogens with zero attached hydrogens (tertiary/aromatic N) is 1. The molecular weight excluding hydrogens is 250 g/mol. The number of hydrogen-bond donors (Lipinski definition) is 0. The topological polar surface area (TPSA) is 29.5 Å². The highest BCUT2D eigenvalue weighted by molar-refractivity contribution is 6.31. The van der Waals surface area contributed by atoms with E-state index in [4.69, 9.17) is 16.3 Å². The number of ether oxygens (including phenoxy) is 1. The molecule has 0 N–H and O–H groups in total. The average molecular weight is 266 g/mol. The largest absolute Gasteiger partial charge is 0.485 e. The molecule has 2 unspecified atom stereocenters. The summed E-state index contributed by atoms with van der Waals surface area (Å²) in [4.78, 5) is 14.5. The minimum Gasteiger partial charge on any atom is -0.485 e. The molecule has 1 aromatic rings. The number of benzene rings is 1. The Morgan fingerprint density at radius 1 is 1.50 bits per heavy atom. The SMILES string of the molecule is CC1CC2(CC(=O)c3cc(Cl)ccc3O2)CN1C. The fourth-order valence-electron chi connectivity index (χ4n) is 3.04. The van der Waals surface area contributed by atoms with Crippen molar-refractivity contribution in [1.29, 1.82) is 0 Å². The molecule has 2 heterocycles. The van der Waals surface area contributed by atoms with Crippen molar-refractivity contribution < 1.29 is 9.53 Å². The maximum atomic E-state index is 12.3. The first-order chi connectivity index (χ1) is 8.49. The molecule has 0 amide bonds. The van der Waals surface area contributed by atoms with Gasteiger partial charge in [-0.25, -0.2) is 0 Å². The summed E-state index contributed by atoms with van der Waals surface area (Å²) in [5.74, 6) is 0.819. The molecular formula is C14H16ClNO2. The number of likely N-dealkylation sites (tertiary alicyclic amines) is 1. The first-order valence-electron chi connectivity index (χ1n) is 6.21. The van der Waals surface area contributed by atoms with Crippen LogP contribution in [-0.2, 0) is 0 Å². The third-order valence-electron chi connectivity index (χ3n) is 4.01. The zero-order valence-corrected chi connectivity index (χ0v) is 11.3. The van der Waals surface area contributed by atoms with Gasteiger partial charge in [0.05, 0.1) is 12.0 Å². The molecule has 0 saturated carbocycles. The van der Waals surface area contributed by atoms with Gasteiger partial charge in [0.1, 0.15) is 11.4 Å². The molecule has 3 rings (SSSR count). The smallest absolute Gasteiger partial charge is 0.170 e. The molecule has 0 radical (unpaired) electrons. The maximum Gasteiger partial charge on any atom is 0.170 e. The van der Waals surface area contributed by atoms with E-state index in [1.54, 1.807) is 18.2 Å². The Bertz CT molecular complexity index is 505. The van der Waals surface area contributed by atoms with E-state index in [9.17, 15) is 4.79 Å². The summed E-state index contributed by atoms with van der Waals surface area (Å²) in [7, 11) is 2.07. The van der Waals surface area contributed by atoms with E-state index in [0.717, 1.165) is 13.0 Å². The summed E-state index contributed by atoms with van der Waals surface area (Å²) in [5, 5.41) is 0.582. The van der Waals surface area contributed by atoms with Crippen LogP contribution in [0.15, 0.2) is 18.2 Å². The van der Waals surface area contributed by atoms with Crippen LogP contribution in [0.2, 0.25) is 5.02 Å². The summed E-state index contributed by atoms with van der Waals surface area (Å²) < 4.78 is 6.13. The highest BCUT2D eigenvalue weighted by Gasteiger charge is 2.47. The Balaban J connectivity index is 1.97. The molecule has 1 fully saturated rings. The first kappa shape index (κ1) is 12.0. The van der Waals surface area contributed by atoms with Gasteiger partial charge in [-0.2, -0.15) is 0 Å². The van der Waals surface area contributed by atoms with Crippen LogP contribution in [0.4, 0.5) is 0 Å². The van der Waals surface area contributed by atoms with Crippen LogP contribution in [-0.4, -0.2) is 35.9 Å². The fraction of sp³-hybridized carbons (Fsp3) is 0.500. The third-order valence-corrected chi connectivity index (χ3v) is 4.24. The molecule has 4 heteroatoms. The lowest BCUT2D eigenvalue weighted by Gasteiger charge is -2.34. The number of carbonyl (C=O) groups excluding carboxylic acids is 1. The zero-order chi connectivity index (χ0) is 12.9. The van der Waals surface area contributed by atoms with Gasteiger partial charge in [-0.05, 0) is 32.2 Å². The van der Waals surface area contributed by atoms with Crippen molar-refractivity contribution in [2.24, 2.45) is 0 Å². The van der Waals surface area contributed by atoms with E-state index < -0.39 is 0 Å². The van der Waals surface area contributed by atoms with Crippen LogP contribution in [0.1, 0.15) is 30.1 Å². The number of ketones is 1. The molecule has 2 aliphatic heterocycles. The van der Waals surface area contributed by atoms with E-state index in [1.165, 1.54) is 0 Å². The number of fused-ring (bicyclic) bond motifs is 1. The van der Waals surface area contributed by atoms with E-state index in [-0.39, 0.29) is 11.4 Å². The number of Topliss-reactive ketones (excluding diaryl/α,β-unsaturated/α-hetero) is 1. The molecule has 3 nitrogen and oxygen atoms in total. The van der Waals surface area contributed by atoms with Crippen LogP contribution < -0.4 is 4.74 Å². The monoisotopic (exact) mass is 265 g/mol. The first-order valence-corrected chi connectivity index (χ1v) is 6.59. The highest BCUT2D eigenvalue weighted by atomic mass is 35.5. The van der Waals surface area contributed by atoms with E-state index in [1.807, 2.05) is 0 Å². The number of carbonyl (C=O) groups is 1. The molecule has 1 saturated heterocycles. The van der Waals surface area contributed by atoms with Gasteiger partial charge in [0.2, 0.25) is 0 Å². The van der Waals surface area contributed by atoms with Crippen LogP contribution >= 0.6 is 11.6 Å². The number of rotatable bonds is 0. The minimum absolute atomic E-state index is 0.140. The summed E-state index contributed by atoms with van der Waals surface area (Å²) >= 11 is 5.92. The molecule has 0 aromatic heterocycles. The normalized spacial score (nSPS) is 31.5. The summed E-state index contributed by atoms with van der Waals surface area (Å²) in [6, 6.07) is 5.73. The quantitative estimate of drug-likeness (QED) is 0.722. The van der Waals surface area contributed by atoms with Crippen molar-refractivity contribution >= 4 is 17.4 Å². The van der Waals surface area contributed by atoms with Crippen LogP contribution in [0.3, 0.4) is 0 Å². The van der Waals surface area contributed by atoms with Crippen molar-refractivity contribution in [2.45, 2.75) is 31.4 Å². The fourth-order valence-corrected chi connectivity index (χ4v) is 3.21. The Hall–Kier alpha value is -1.06. The van der Waals surface area contributed by atoms with Gasteiger partial charge in [-0.15, -0.1) is 0 Å². The van der Waals surface area contributed by atoms with Crippen molar-refractivity contribution in [1.82, 2.24) is 4.90 Å². The second-order valence-corrected chi connectivity index (χ2v) is 5.93. The lowest BCUT2D eigenvalue weighted by Crippen LogP contribution is -2.44. The van der Waals surface area contributed by atoms with Crippen LogP contribution in [0.25, 0.3) is 0 Å². The number of likely N-dealkylation sites (N-methyl/N-ethyl adjacent to an activating group) is 1. The van der Waals surface area contributed by atoms with E-state index in [2.05, 4.69) is 18.9 Å². The minimum atomic E-state index is -0.341. The molecule has 0 aliphatic carbocycles. The van der Waals surface area contributed by atoms with Crippen LogP contribution in [0.5, 0.6) is 5.75 Å². The molecule has 2 aliphatic rings. The lowest BCUT2D eigenvalue weighted by atomic mass is 9.88. The number of hydrogen-bond acceptors (Lipinski definition) is 3. The summed E-state index contributed by atoms with van der Waals surface area (Å²) in [6.45, 7) is 2.97. The van der Waals surface area contributed by atoms with Gasteiger partial charge in [0, 0.05) is 24.0 Å². The van der Waals surface area contributed by atoms with Gasteiger partial charge in [-0.1, -0.05) is 11.6 Å². The lowest BCUT2D eigenvalue weighted by molar-refractivity contribution is 0.0474. The summed E-state index contributed by atoms with van der Waals surface area (Å²) in [6.07, 6.45) is 1.35. The second-order valence-electron chi connectivity index (χ2n) is 5.49. The van der Waals surface area contributed by atoms with Gasteiger partial charge >= 0.3 is 0 Å². The van der Waals surface area contributed by atoms with Gasteiger partial charge < -0.3 is 4.74 Å². The maximum absolute atomic E-state index is 12.3. The van der Waals surface area contributed by atoms with Gasteiger partial charge in [0.25, 0.3) is 0 Å². The van der Waals surface area contributed by atoms with Crippen molar-refractivity contribution in [3.8, 4) is 5.75 Å². The van der Waals surface area contributed by atoms with Crippen LogP contribution in [0, 0.1) is 0 Å². The van der Waals surface area contributed by atoms with Gasteiger partial charge in [0.15, 0.2) is 5.78 Å². The molecule has 1 aromatic carbocycles. The van der Waals surface area contributed by atoms with E-state index >= 15 is 0 Å². The predicted octanol–water partition coefficient (Wildman–Crippen LogP) is 2.77. The molecule has 18 heavy (non-hydrogen) atoms. The van der Waals surface area contributed by atoms with Crippen molar-refractivity contribution in [2.75, 3.05) is 13.6 Å². The Morgan fingerprint density at radius 3 is 2.94 bits per heavy atom. The van der Waals surface area contributed by atoms with Gasteiger partial charge in [-0.3, -0.25) is 9.69 Å². The highest BCUT2D eigenvalue weighted by Crippen LogP contribution is 2.40. The Labute approximate surface area is 112 Å². The third kappa shape index (κ3) is 1.82. The standard InChI is InChI=1S/C14H16ClNO2/c1-9-6-14(8-16(9)2)7-12(17)11-5-10(15)3-4-13(11)18-14/h3-5,9H,6-8H2,1-2H3. The molecule has 96 valence electrons. The zero-order valence-electron chi connectivity index (χ0n) is 10.6. The Kier molecular flexibility index (Phi) is 2.65.